The van der Waals surface area contributed by atoms with Crippen molar-refractivity contribution in [2.75, 3.05) is 13.1 Å². The number of likely N-dealkylation sites (tertiary alicyclic amines) is 1. The Morgan fingerprint density at radius 3 is 3.05 bits per heavy atom. The first-order valence-electron chi connectivity index (χ1n) is 7.27. The first kappa shape index (κ1) is 13.2. The second-order valence-electron chi connectivity index (χ2n) is 5.30. The Labute approximate surface area is 119 Å². The Morgan fingerprint density at radius 2 is 2.30 bits per heavy atom. The predicted octanol–water partition coefficient (Wildman–Crippen LogP) is 2.54. The molecule has 0 unspecified atom stereocenters. The molecule has 2 aromatic heterocycles. The molecule has 106 valence electrons. The topological polar surface area (TPSA) is 55.1 Å². The molecule has 1 atom stereocenters. The Bertz CT molecular complexity index is 540. The maximum atomic E-state index is 5.37. The second kappa shape index (κ2) is 6.13. The molecule has 0 bridgehead atoms. The smallest absolute Gasteiger partial charge is 0.243 e. The number of aromatic nitrogens is 3. The van der Waals surface area contributed by atoms with Crippen molar-refractivity contribution in [1.29, 1.82) is 0 Å². The minimum Gasteiger partial charge on any atom is -0.338 e. The summed E-state index contributed by atoms with van der Waals surface area (Å²) in [7, 11) is 0. The van der Waals surface area contributed by atoms with Gasteiger partial charge in [-0.2, -0.15) is 4.98 Å². The van der Waals surface area contributed by atoms with Gasteiger partial charge in [0.15, 0.2) is 5.82 Å². The third-order valence-electron chi connectivity index (χ3n) is 3.82. The van der Waals surface area contributed by atoms with E-state index in [2.05, 4.69) is 26.1 Å². The van der Waals surface area contributed by atoms with Crippen LogP contribution in [0.5, 0.6) is 0 Å². The molecule has 1 aliphatic heterocycles. The van der Waals surface area contributed by atoms with Gasteiger partial charge in [-0.05, 0) is 38.4 Å². The van der Waals surface area contributed by atoms with Gasteiger partial charge in [-0.15, -0.1) is 0 Å². The molecule has 3 heterocycles. The zero-order valence-electron chi connectivity index (χ0n) is 11.8. The molecule has 0 aromatic carbocycles. The van der Waals surface area contributed by atoms with Crippen LogP contribution in [0, 0.1) is 6.92 Å². The van der Waals surface area contributed by atoms with Crippen molar-refractivity contribution in [2.45, 2.75) is 38.6 Å². The number of rotatable bonds is 4. The fourth-order valence-electron chi connectivity index (χ4n) is 2.79. The summed E-state index contributed by atoms with van der Waals surface area (Å²) in [6, 6.07) is 6.34. The van der Waals surface area contributed by atoms with Gasteiger partial charge in [0.25, 0.3) is 0 Å². The number of piperidine rings is 1. The first-order chi connectivity index (χ1) is 9.83. The summed E-state index contributed by atoms with van der Waals surface area (Å²) in [4.78, 5) is 11.2. The van der Waals surface area contributed by atoms with Crippen molar-refractivity contribution in [1.82, 2.24) is 20.0 Å². The SMILES string of the molecule is Cc1noc([C@H]2CCCCN2CCc2ccccn2)n1. The van der Waals surface area contributed by atoms with E-state index in [0.717, 1.165) is 43.3 Å². The summed E-state index contributed by atoms with van der Waals surface area (Å²) in [6.45, 7) is 3.95. The van der Waals surface area contributed by atoms with Gasteiger partial charge in [-0.1, -0.05) is 17.6 Å². The average molecular weight is 272 g/mol. The molecule has 1 fully saturated rings. The van der Waals surface area contributed by atoms with Gasteiger partial charge in [0, 0.05) is 24.9 Å². The fraction of sp³-hybridized carbons (Fsp3) is 0.533. The van der Waals surface area contributed by atoms with Crippen molar-refractivity contribution in [2.24, 2.45) is 0 Å². The van der Waals surface area contributed by atoms with Gasteiger partial charge in [0.2, 0.25) is 5.89 Å². The first-order valence-corrected chi connectivity index (χ1v) is 7.27. The average Bonchev–Trinajstić information content (AvgIpc) is 2.93. The summed E-state index contributed by atoms with van der Waals surface area (Å²) in [5.41, 5.74) is 1.14. The third-order valence-corrected chi connectivity index (χ3v) is 3.82. The number of hydrogen-bond donors (Lipinski definition) is 0. The molecule has 0 radical (unpaired) electrons. The maximum Gasteiger partial charge on any atom is 0.243 e. The minimum atomic E-state index is 0.272. The van der Waals surface area contributed by atoms with Crippen LogP contribution in [-0.4, -0.2) is 33.1 Å². The van der Waals surface area contributed by atoms with Gasteiger partial charge >= 0.3 is 0 Å². The molecule has 3 rings (SSSR count). The van der Waals surface area contributed by atoms with E-state index in [4.69, 9.17) is 4.52 Å². The summed E-state index contributed by atoms with van der Waals surface area (Å²) >= 11 is 0. The second-order valence-corrected chi connectivity index (χ2v) is 5.30. The van der Waals surface area contributed by atoms with Gasteiger partial charge in [0.05, 0.1) is 6.04 Å². The zero-order chi connectivity index (χ0) is 13.8. The highest BCUT2D eigenvalue weighted by Gasteiger charge is 2.28. The van der Waals surface area contributed by atoms with Crippen LogP contribution in [0.1, 0.15) is 42.7 Å². The summed E-state index contributed by atoms with van der Waals surface area (Å²) in [5.74, 6) is 1.48. The largest absolute Gasteiger partial charge is 0.338 e. The van der Waals surface area contributed by atoms with Crippen LogP contribution in [0.4, 0.5) is 0 Å². The van der Waals surface area contributed by atoms with Gasteiger partial charge in [-0.25, -0.2) is 0 Å². The van der Waals surface area contributed by atoms with E-state index in [1.807, 2.05) is 25.3 Å². The van der Waals surface area contributed by atoms with Crippen molar-refractivity contribution in [3.63, 3.8) is 0 Å². The van der Waals surface area contributed by atoms with E-state index in [1.54, 1.807) is 0 Å². The maximum absolute atomic E-state index is 5.37. The summed E-state index contributed by atoms with van der Waals surface area (Å²) in [6.07, 6.45) is 6.39. The normalized spacial score (nSPS) is 20.1. The highest BCUT2D eigenvalue weighted by Crippen LogP contribution is 2.29. The van der Waals surface area contributed by atoms with Crippen LogP contribution in [0.15, 0.2) is 28.9 Å². The monoisotopic (exact) mass is 272 g/mol. The molecule has 0 spiro atoms. The molecule has 0 saturated carbocycles. The summed E-state index contributed by atoms with van der Waals surface area (Å²) < 4.78 is 5.37. The van der Waals surface area contributed by atoms with Crippen LogP contribution in [-0.2, 0) is 6.42 Å². The predicted molar refractivity (Wildman–Crippen MR) is 75.1 cm³/mol. The molecule has 5 nitrogen and oxygen atoms in total. The van der Waals surface area contributed by atoms with E-state index in [0.29, 0.717) is 0 Å². The quantitative estimate of drug-likeness (QED) is 0.856. The zero-order valence-corrected chi connectivity index (χ0v) is 11.8. The molecular weight excluding hydrogens is 252 g/mol. The van der Waals surface area contributed by atoms with Crippen molar-refractivity contribution >= 4 is 0 Å². The lowest BCUT2D eigenvalue weighted by Gasteiger charge is -2.33. The number of hydrogen-bond acceptors (Lipinski definition) is 5. The molecule has 2 aromatic rings. The highest BCUT2D eigenvalue weighted by molar-refractivity contribution is 5.04. The lowest BCUT2D eigenvalue weighted by atomic mass is 10.0. The Morgan fingerprint density at radius 1 is 1.35 bits per heavy atom. The molecule has 0 amide bonds. The van der Waals surface area contributed by atoms with Crippen LogP contribution in [0.3, 0.4) is 0 Å². The van der Waals surface area contributed by atoms with Crippen LogP contribution < -0.4 is 0 Å². The van der Waals surface area contributed by atoms with E-state index >= 15 is 0 Å². The third kappa shape index (κ3) is 3.04. The molecule has 20 heavy (non-hydrogen) atoms. The van der Waals surface area contributed by atoms with Gasteiger partial charge in [0.1, 0.15) is 0 Å². The van der Waals surface area contributed by atoms with E-state index in [-0.39, 0.29) is 6.04 Å². The van der Waals surface area contributed by atoms with Crippen LogP contribution in [0.25, 0.3) is 0 Å². The lowest BCUT2D eigenvalue weighted by molar-refractivity contribution is 0.120. The molecule has 1 saturated heterocycles. The fourth-order valence-corrected chi connectivity index (χ4v) is 2.79. The molecule has 0 aliphatic carbocycles. The van der Waals surface area contributed by atoms with Crippen LogP contribution >= 0.6 is 0 Å². The number of nitrogens with zero attached hydrogens (tertiary/aromatic N) is 4. The van der Waals surface area contributed by atoms with Gasteiger partial charge < -0.3 is 4.52 Å². The Hall–Kier alpha value is -1.75. The standard InChI is InChI=1S/C15H20N4O/c1-12-17-15(20-18-12)14-7-3-5-10-19(14)11-8-13-6-2-4-9-16-13/h2,4,6,9,14H,3,5,7-8,10-11H2,1H3/t14-/m1/s1. The molecule has 5 heteroatoms. The van der Waals surface area contributed by atoms with Crippen molar-refractivity contribution < 1.29 is 4.52 Å². The number of aryl methyl sites for hydroxylation is 1. The van der Waals surface area contributed by atoms with Crippen molar-refractivity contribution in [3.8, 4) is 0 Å². The molecule has 0 N–H and O–H groups in total. The Kier molecular flexibility index (Phi) is 4.06. The van der Waals surface area contributed by atoms with E-state index in [1.165, 1.54) is 12.8 Å². The molecular formula is C15H20N4O. The summed E-state index contributed by atoms with van der Waals surface area (Å²) in [5, 5.41) is 3.92. The van der Waals surface area contributed by atoms with Gasteiger partial charge in [-0.3, -0.25) is 9.88 Å². The number of pyridine rings is 1. The minimum absolute atomic E-state index is 0.272. The lowest BCUT2D eigenvalue weighted by Crippen LogP contribution is -2.35. The van der Waals surface area contributed by atoms with E-state index in [9.17, 15) is 0 Å². The highest BCUT2D eigenvalue weighted by atomic mass is 16.5. The van der Waals surface area contributed by atoms with Crippen LogP contribution in [0.2, 0.25) is 0 Å². The van der Waals surface area contributed by atoms with E-state index < -0.39 is 0 Å². The van der Waals surface area contributed by atoms with Crippen molar-refractivity contribution in [3.05, 3.63) is 41.8 Å². The molecule has 1 aliphatic rings. The Balaban J connectivity index is 1.66.